The van der Waals surface area contributed by atoms with Crippen LogP contribution >= 0.6 is 0 Å². The van der Waals surface area contributed by atoms with Crippen LogP contribution in [0, 0.1) is 5.92 Å². The summed E-state index contributed by atoms with van der Waals surface area (Å²) in [4.78, 5) is 42.3. The first-order valence-corrected chi connectivity index (χ1v) is 14.0. The molecule has 0 bridgehead atoms. The maximum atomic E-state index is 13.4. The summed E-state index contributed by atoms with van der Waals surface area (Å²) in [5.41, 5.74) is 5.31. The molecule has 0 saturated carbocycles. The molecule has 8 nitrogen and oxygen atoms in total. The van der Waals surface area contributed by atoms with E-state index in [9.17, 15) is 14.4 Å². The summed E-state index contributed by atoms with van der Waals surface area (Å²) >= 11 is 0. The van der Waals surface area contributed by atoms with Crippen LogP contribution in [0.2, 0.25) is 0 Å². The van der Waals surface area contributed by atoms with Gasteiger partial charge in [-0.05, 0) is 74.5 Å². The SMILES string of the molecule is CC(=O)N(CCN(C)C)c1ccc(N/C(=C2\C(=O)Nc3ccc(C(=O)NCCC(C)C)cc32)c2ccccc2)cc1. The molecule has 1 aliphatic heterocycles. The number of likely N-dealkylation sites (N-methyl/N-ethyl adjacent to an activating group) is 1. The van der Waals surface area contributed by atoms with Crippen LogP contribution in [-0.2, 0) is 9.59 Å². The molecular weight excluding hydrogens is 514 g/mol. The molecule has 1 aliphatic rings. The predicted octanol–water partition coefficient (Wildman–Crippen LogP) is 5.31. The molecule has 41 heavy (non-hydrogen) atoms. The van der Waals surface area contributed by atoms with E-state index in [-0.39, 0.29) is 17.7 Å². The Morgan fingerprint density at radius 2 is 1.61 bits per heavy atom. The average molecular weight is 554 g/mol. The number of carbonyl (C=O) groups is 3. The minimum Gasteiger partial charge on any atom is -0.354 e. The van der Waals surface area contributed by atoms with Gasteiger partial charge in [-0.25, -0.2) is 0 Å². The Hall–Kier alpha value is -4.43. The number of hydrogen-bond acceptors (Lipinski definition) is 5. The fraction of sp³-hybridized carbons (Fsp3) is 0.303. The fourth-order valence-corrected chi connectivity index (χ4v) is 4.65. The molecular formula is C33H39N5O3. The molecule has 0 aliphatic carbocycles. The Morgan fingerprint density at radius 3 is 2.24 bits per heavy atom. The standard InChI is InChI=1S/C33H39N5O3/c1-22(2)17-18-34-32(40)25-11-16-29-28(21-25)30(33(41)36-29)31(24-9-7-6-8-10-24)35-26-12-14-27(15-13-26)38(23(3)39)20-19-37(4)5/h6-16,21-22,35H,17-20H2,1-5H3,(H,34,40)(H,36,41)/b31-30-. The topological polar surface area (TPSA) is 93.8 Å². The first kappa shape index (κ1) is 29.6. The van der Waals surface area contributed by atoms with E-state index < -0.39 is 0 Å². The second-order valence-corrected chi connectivity index (χ2v) is 10.9. The van der Waals surface area contributed by atoms with Gasteiger partial charge in [-0.2, -0.15) is 0 Å². The van der Waals surface area contributed by atoms with E-state index in [0.29, 0.717) is 47.1 Å². The Balaban J connectivity index is 1.69. The van der Waals surface area contributed by atoms with E-state index in [0.717, 1.165) is 29.9 Å². The first-order chi connectivity index (χ1) is 19.6. The van der Waals surface area contributed by atoms with Gasteiger partial charge in [0.1, 0.15) is 0 Å². The lowest BCUT2D eigenvalue weighted by Crippen LogP contribution is -2.35. The monoisotopic (exact) mass is 553 g/mol. The number of hydrogen-bond donors (Lipinski definition) is 3. The van der Waals surface area contributed by atoms with Crippen LogP contribution in [0.25, 0.3) is 11.3 Å². The predicted molar refractivity (Wildman–Crippen MR) is 167 cm³/mol. The highest BCUT2D eigenvalue weighted by Crippen LogP contribution is 2.38. The average Bonchev–Trinajstić information content (AvgIpc) is 3.27. The van der Waals surface area contributed by atoms with Crippen LogP contribution in [0.15, 0.2) is 72.8 Å². The van der Waals surface area contributed by atoms with Crippen LogP contribution in [0.1, 0.15) is 48.7 Å². The van der Waals surface area contributed by atoms with Crippen LogP contribution in [-0.4, -0.2) is 56.4 Å². The highest BCUT2D eigenvalue weighted by molar-refractivity contribution is 6.37. The van der Waals surface area contributed by atoms with Crippen molar-refractivity contribution >= 4 is 46.1 Å². The number of benzene rings is 3. The molecule has 3 amide bonds. The lowest BCUT2D eigenvalue weighted by atomic mass is 9.98. The quantitative estimate of drug-likeness (QED) is 0.280. The molecule has 0 radical (unpaired) electrons. The third-order valence-corrected chi connectivity index (χ3v) is 6.95. The number of nitrogens with one attached hydrogen (secondary N) is 3. The third kappa shape index (κ3) is 7.41. The summed E-state index contributed by atoms with van der Waals surface area (Å²) < 4.78 is 0. The fourth-order valence-electron chi connectivity index (χ4n) is 4.65. The number of nitrogens with zero attached hydrogens (tertiary/aromatic N) is 2. The van der Waals surface area contributed by atoms with Gasteiger partial charge in [0.25, 0.3) is 11.8 Å². The van der Waals surface area contributed by atoms with Crippen molar-refractivity contribution in [2.75, 3.05) is 49.3 Å². The van der Waals surface area contributed by atoms with Gasteiger partial charge < -0.3 is 25.8 Å². The Kier molecular flexibility index (Phi) is 9.57. The third-order valence-electron chi connectivity index (χ3n) is 6.95. The van der Waals surface area contributed by atoms with Crippen molar-refractivity contribution in [3.8, 4) is 0 Å². The summed E-state index contributed by atoms with van der Waals surface area (Å²) in [5.74, 6) is 0.0554. The number of amides is 3. The van der Waals surface area contributed by atoms with Crippen molar-refractivity contribution in [2.24, 2.45) is 5.92 Å². The van der Waals surface area contributed by atoms with Crippen molar-refractivity contribution in [1.29, 1.82) is 0 Å². The molecule has 3 N–H and O–H groups in total. The molecule has 3 aromatic carbocycles. The molecule has 0 atom stereocenters. The molecule has 0 fully saturated rings. The van der Waals surface area contributed by atoms with Crippen LogP contribution in [0.4, 0.5) is 17.1 Å². The zero-order valence-electron chi connectivity index (χ0n) is 24.5. The largest absolute Gasteiger partial charge is 0.354 e. The molecule has 3 aromatic rings. The number of fused-ring (bicyclic) bond motifs is 1. The smallest absolute Gasteiger partial charge is 0.258 e. The highest BCUT2D eigenvalue weighted by atomic mass is 16.2. The van der Waals surface area contributed by atoms with Crippen molar-refractivity contribution in [3.05, 3.63) is 89.5 Å². The maximum Gasteiger partial charge on any atom is 0.258 e. The zero-order chi connectivity index (χ0) is 29.5. The van der Waals surface area contributed by atoms with Crippen molar-refractivity contribution in [3.63, 3.8) is 0 Å². The minimum atomic E-state index is -0.244. The van der Waals surface area contributed by atoms with E-state index in [1.807, 2.05) is 73.6 Å². The van der Waals surface area contributed by atoms with E-state index >= 15 is 0 Å². The number of carbonyl (C=O) groups excluding carboxylic acids is 3. The van der Waals surface area contributed by atoms with Crippen LogP contribution in [0.3, 0.4) is 0 Å². The first-order valence-electron chi connectivity index (χ1n) is 14.0. The van der Waals surface area contributed by atoms with Crippen LogP contribution in [0.5, 0.6) is 0 Å². The van der Waals surface area contributed by atoms with Crippen molar-refractivity contribution < 1.29 is 14.4 Å². The molecule has 0 aromatic heterocycles. The summed E-state index contributed by atoms with van der Waals surface area (Å²) in [6.07, 6.45) is 0.891. The summed E-state index contributed by atoms with van der Waals surface area (Å²) in [5, 5.41) is 9.39. The maximum absolute atomic E-state index is 13.4. The second kappa shape index (κ2) is 13.3. The van der Waals surface area contributed by atoms with Gasteiger partial charge in [0.05, 0.1) is 11.3 Å². The summed E-state index contributed by atoms with van der Waals surface area (Å²) in [7, 11) is 3.95. The normalized spacial score (nSPS) is 13.6. The lowest BCUT2D eigenvalue weighted by Gasteiger charge is -2.23. The van der Waals surface area contributed by atoms with E-state index in [1.54, 1.807) is 30.0 Å². The van der Waals surface area contributed by atoms with Gasteiger partial charge in [0, 0.05) is 54.7 Å². The highest BCUT2D eigenvalue weighted by Gasteiger charge is 2.29. The molecule has 4 rings (SSSR count). The van der Waals surface area contributed by atoms with Gasteiger partial charge in [-0.1, -0.05) is 44.2 Å². The Bertz CT molecular complexity index is 1430. The van der Waals surface area contributed by atoms with E-state index in [1.165, 1.54) is 0 Å². The minimum absolute atomic E-state index is 0.0251. The van der Waals surface area contributed by atoms with E-state index in [4.69, 9.17) is 0 Å². The van der Waals surface area contributed by atoms with Gasteiger partial charge >= 0.3 is 0 Å². The van der Waals surface area contributed by atoms with Crippen molar-refractivity contribution in [2.45, 2.75) is 27.2 Å². The molecule has 0 saturated heterocycles. The van der Waals surface area contributed by atoms with Gasteiger partial charge in [0.2, 0.25) is 5.91 Å². The van der Waals surface area contributed by atoms with Gasteiger partial charge in [-0.15, -0.1) is 0 Å². The molecule has 214 valence electrons. The zero-order valence-corrected chi connectivity index (χ0v) is 24.5. The second-order valence-electron chi connectivity index (χ2n) is 10.9. The number of anilines is 3. The molecule has 0 spiro atoms. The van der Waals surface area contributed by atoms with Gasteiger partial charge in [-0.3, -0.25) is 14.4 Å². The molecule has 1 heterocycles. The van der Waals surface area contributed by atoms with Crippen molar-refractivity contribution in [1.82, 2.24) is 10.2 Å². The Morgan fingerprint density at radius 1 is 0.902 bits per heavy atom. The Labute approximate surface area is 242 Å². The summed E-state index contributed by atoms with van der Waals surface area (Å²) in [6, 6.07) is 22.5. The number of rotatable bonds is 11. The van der Waals surface area contributed by atoms with E-state index in [2.05, 4.69) is 29.8 Å². The lowest BCUT2D eigenvalue weighted by molar-refractivity contribution is -0.116. The van der Waals surface area contributed by atoms with Gasteiger partial charge in [0.15, 0.2) is 0 Å². The molecule has 8 heteroatoms. The molecule has 0 unspecified atom stereocenters. The summed E-state index contributed by atoms with van der Waals surface area (Å²) in [6.45, 7) is 7.72. The van der Waals surface area contributed by atoms with Crippen LogP contribution < -0.4 is 20.9 Å².